The Morgan fingerprint density at radius 3 is 2.11 bits per heavy atom. The van der Waals surface area contributed by atoms with Crippen molar-refractivity contribution in [3.8, 4) is 11.1 Å². The van der Waals surface area contributed by atoms with Crippen LogP contribution in [-0.2, 0) is 6.18 Å². The van der Waals surface area contributed by atoms with Crippen molar-refractivity contribution >= 4 is 29.2 Å². The smallest absolute Gasteiger partial charge is 0.331 e. The second kappa shape index (κ2) is 8.67. The van der Waals surface area contributed by atoms with Crippen molar-refractivity contribution < 1.29 is 13.2 Å². The molecule has 0 atom stereocenters. The molecule has 3 aromatic carbocycles. The lowest BCUT2D eigenvalue weighted by Gasteiger charge is -2.14. The molecule has 0 amide bonds. The highest BCUT2D eigenvalue weighted by Crippen LogP contribution is 2.34. The summed E-state index contributed by atoms with van der Waals surface area (Å²) in [6, 6.07) is 22.8. The molecule has 0 spiro atoms. The van der Waals surface area contributed by atoms with E-state index in [9.17, 15) is 13.2 Å². The molecule has 0 saturated heterocycles. The van der Waals surface area contributed by atoms with E-state index >= 15 is 0 Å². The first-order valence-corrected chi connectivity index (χ1v) is 8.76. The van der Waals surface area contributed by atoms with E-state index in [1.807, 2.05) is 54.6 Å². The maximum Gasteiger partial charge on any atom is 0.418 e. The van der Waals surface area contributed by atoms with Gasteiger partial charge in [0.25, 0.3) is 0 Å². The molecular weight excluding hydrogens is 383 g/mol. The molecule has 0 aliphatic carbocycles. The molecule has 0 fully saturated rings. The predicted octanol–water partition coefficient (Wildman–Crippen LogP) is 5.69. The number of anilines is 1. The van der Waals surface area contributed by atoms with E-state index in [0.717, 1.165) is 22.8 Å². The van der Waals surface area contributed by atoms with Crippen LogP contribution in [-0.4, -0.2) is 11.3 Å². The molecule has 0 unspecified atom stereocenters. The molecule has 0 aromatic heterocycles. The van der Waals surface area contributed by atoms with Gasteiger partial charge in [0.1, 0.15) is 0 Å². The minimum absolute atomic E-state index is 0.0335. The van der Waals surface area contributed by atoms with E-state index < -0.39 is 11.7 Å². The summed E-state index contributed by atoms with van der Waals surface area (Å²) in [4.78, 5) is 0. The fourth-order valence-electron chi connectivity index (χ4n) is 2.55. The number of benzene rings is 3. The summed E-state index contributed by atoms with van der Waals surface area (Å²) in [6.45, 7) is 0. The molecule has 2 N–H and O–H groups in total. The maximum atomic E-state index is 13.0. The van der Waals surface area contributed by atoms with Crippen LogP contribution in [0.25, 0.3) is 11.1 Å². The average Bonchev–Trinajstić information content (AvgIpc) is 2.69. The zero-order chi connectivity index (χ0) is 20.0. The number of hydrogen-bond acceptors (Lipinski definition) is 2. The quantitative estimate of drug-likeness (QED) is 0.336. The fourth-order valence-corrected chi connectivity index (χ4v) is 2.71. The van der Waals surface area contributed by atoms with Gasteiger partial charge in [-0.25, -0.2) is 0 Å². The molecule has 3 nitrogen and oxygen atoms in total. The number of para-hydroxylation sites is 1. The number of hydrogen-bond donors (Lipinski definition) is 2. The van der Waals surface area contributed by atoms with Crippen molar-refractivity contribution in [3.63, 3.8) is 0 Å². The third-order valence-corrected chi connectivity index (χ3v) is 4.07. The van der Waals surface area contributed by atoms with Crippen molar-refractivity contribution in [1.29, 1.82) is 0 Å². The average molecular weight is 399 g/mol. The molecule has 3 rings (SSSR count). The number of thiocarbonyl (C=S) groups is 1. The van der Waals surface area contributed by atoms with Gasteiger partial charge < -0.3 is 5.32 Å². The monoisotopic (exact) mass is 399 g/mol. The van der Waals surface area contributed by atoms with E-state index in [1.54, 1.807) is 6.21 Å². The third-order valence-electron chi connectivity index (χ3n) is 3.88. The van der Waals surface area contributed by atoms with Crippen molar-refractivity contribution in [2.75, 3.05) is 5.32 Å². The molecule has 0 aliphatic rings. The van der Waals surface area contributed by atoms with Crippen molar-refractivity contribution in [1.82, 2.24) is 5.43 Å². The number of halogens is 3. The normalized spacial score (nSPS) is 11.4. The van der Waals surface area contributed by atoms with Gasteiger partial charge in [0.15, 0.2) is 5.11 Å². The van der Waals surface area contributed by atoms with Gasteiger partial charge in [0, 0.05) is 0 Å². The van der Waals surface area contributed by atoms with Crippen LogP contribution in [0.4, 0.5) is 18.9 Å². The van der Waals surface area contributed by atoms with E-state index in [0.29, 0.717) is 0 Å². The molecule has 7 heteroatoms. The Kier molecular flexibility index (Phi) is 6.06. The van der Waals surface area contributed by atoms with Gasteiger partial charge in [-0.1, -0.05) is 66.7 Å². The summed E-state index contributed by atoms with van der Waals surface area (Å²) in [5.41, 5.74) is 4.61. The van der Waals surface area contributed by atoms with Crippen LogP contribution in [0.3, 0.4) is 0 Å². The highest BCUT2D eigenvalue weighted by molar-refractivity contribution is 7.80. The lowest BCUT2D eigenvalue weighted by molar-refractivity contribution is -0.136. The summed E-state index contributed by atoms with van der Waals surface area (Å²) in [5.74, 6) is 0. The number of hydrazone groups is 1. The summed E-state index contributed by atoms with van der Waals surface area (Å²) in [7, 11) is 0. The second-order valence-corrected chi connectivity index (χ2v) is 6.26. The van der Waals surface area contributed by atoms with Crippen LogP contribution in [0.1, 0.15) is 11.1 Å². The number of rotatable bonds is 4. The molecule has 142 valence electrons. The predicted molar refractivity (Wildman–Crippen MR) is 110 cm³/mol. The lowest BCUT2D eigenvalue weighted by Crippen LogP contribution is -2.25. The fraction of sp³-hybridized carbons (Fsp3) is 0.0476. The highest BCUT2D eigenvalue weighted by Gasteiger charge is 2.33. The minimum atomic E-state index is -4.47. The Balaban J connectivity index is 1.60. The molecule has 0 bridgehead atoms. The minimum Gasteiger partial charge on any atom is -0.331 e. The summed E-state index contributed by atoms with van der Waals surface area (Å²) in [5, 5.41) is 6.46. The van der Waals surface area contributed by atoms with Crippen LogP contribution in [0.2, 0.25) is 0 Å². The number of alkyl halides is 3. The Morgan fingerprint density at radius 2 is 1.43 bits per heavy atom. The molecule has 0 saturated carbocycles. The zero-order valence-electron chi connectivity index (χ0n) is 14.6. The van der Waals surface area contributed by atoms with Crippen LogP contribution in [0, 0.1) is 0 Å². The van der Waals surface area contributed by atoms with Crippen LogP contribution in [0.5, 0.6) is 0 Å². The van der Waals surface area contributed by atoms with E-state index in [1.165, 1.54) is 18.2 Å². The number of nitrogens with one attached hydrogen (secondary N) is 2. The Bertz CT molecular complexity index is 968. The molecule has 0 heterocycles. The summed E-state index contributed by atoms with van der Waals surface area (Å²) < 4.78 is 39.0. The molecule has 0 aliphatic heterocycles. The van der Waals surface area contributed by atoms with Gasteiger partial charge in [-0.3, -0.25) is 5.43 Å². The lowest BCUT2D eigenvalue weighted by atomic mass is 10.0. The van der Waals surface area contributed by atoms with E-state index in [4.69, 9.17) is 12.2 Å². The first-order chi connectivity index (χ1) is 13.4. The third kappa shape index (κ3) is 5.17. The van der Waals surface area contributed by atoms with Gasteiger partial charge >= 0.3 is 6.18 Å². The standard InChI is InChI=1S/C21H16F3N3S/c22-21(23,24)18-8-4-5-9-19(18)26-20(28)27-25-14-15-10-12-17(13-11-15)16-6-2-1-3-7-16/h1-14H,(H2,26,27,28)/b25-14-. The van der Waals surface area contributed by atoms with Crippen molar-refractivity contribution in [2.24, 2.45) is 5.10 Å². The largest absolute Gasteiger partial charge is 0.418 e. The topological polar surface area (TPSA) is 36.4 Å². The van der Waals surface area contributed by atoms with Crippen molar-refractivity contribution in [3.05, 3.63) is 90.0 Å². The molecule has 3 aromatic rings. The van der Waals surface area contributed by atoms with Crippen LogP contribution < -0.4 is 10.7 Å². The zero-order valence-corrected chi connectivity index (χ0v) is 15.4. The van der Waals surface area contributed by atoms with Gasteiger partial charge in [-0.05, 0) is 41.0 Å². The molecule has 0 radical (unpaired) electrons. The second-order valence-electron chi connectivity index (χ2n) is 5.86. The summed E-state index contributed by atoms with van der Waals surface area (Å²) in [6.07, 6.45) is -2.93. The number of nitrogens with zero attached hydrogens (tertiary/aromatic N) is 1. The Morgan fingerprint density at radius 1 is 0.821 bits per heavy atom. The summed E-state index contributed by atoms with van der Waals surface area (Å²) >= 11 is 5.02. The van der Waals surface area contributed by atoms with Gasteiger partial charge in [-0.2, -0.15) is 18.3 Å². The maximum absolute atomic E-state index is 13.0. The Hall–Kier alpha value is -3.19. The highest BCUT2D eigenvalue weighted by atomic mass is 32.1. The van der Waals surface area contributed by atoms with Gasteiger partial charge in [-0.15, -0.1) is 0 Å². The van der Waals surface area contributed by atoms with Gasteiger partial charge in [0.2, 0.25) is 0 Å². The van der Waals surface area contributed by atoms with Crippen molar-refractivity contribution in [2.45, 2.75) is 6.18 Å². The first kappa shape index (κ1) is 19.6. The molecule has 28 heavy (non-hydrogen) atoms. The van der Waals surface area contributed by atoms with E-state index in [2.05, 4.69) is 15.8 Å². The SMILES string of the molecule is FC(F)(F)c1ccccc1NC(=S)N/N=C\c1ccc(-c2ccccc2)cc1. The van der Waals surface area contributed by atoms with Crippen LogP contribution in [0.15, 0.2) is 84.0 Å². The first-order valence-electron chi connectivity index (χ1n) is 8.35. The molecular formula is C21H16F3N3S. The van der Waals surface area contributed by atoms with Crippen LogP contribution >= 0.6 is 12.2 Å². The van der Waals surface area contributed by atoms with E-state index in [-0.39, 0.29) is 10.8 Å². The Labute approximate surface area is 165 Å². The van der Waals surface area contributed by atoms with Gasteiger partial charge in [0.05, 0.1) is 17.5 Å².